The number of nitrogens with zero attached hydrogens (tertiary/aromatic N) is 1. The number of anilines is 1. The summed E-state index contributed by atoms with van der Waals surface area (Å²) in [6.07, 6.45) is 1.01. The predicted molar refractivity (Wildman–Crippen MR) is 88.2 cm³/mol. The molecule has 2 aromatic rings. The second kappa shape index (κ2) is 7.56. The second-order valence-electron chi connectivity index (χ2n) is 4.76. The number of hydrogen-bond acceptors (Lipinski definition) is 6. The van der Waals surface area contributed by atoms with E-state index in [0.717, 1.165) is 10.8 Å². The molecule has 0 saturated carbocycles. The van der Waals surface area contributed by atoms with E-state index in [1.165, 1.54) is 9.75 Å². The van der Waals surface area contributed by atoms with Crippen LogP contribution in [0.1, 0.15) is 41.8 Å². The van der Waals surface area contributed by atoms with Crippen LogP contribution >= 0.6 is 22.7 Å². The molecule has 0 spiro atoms. The van der Waals surface area contributed by atoms with E-state index in [0.29, 0.717) is 19.4 Å². The zero-order valence-corrected chi connectivity index (χ0v) is 14.1. The van der Waals surface area contributed by atoms with Gasteiger partial charge in [-0.15, -0.1) is 22.7 Å². The number of rotatable bonds is 7. The molecule has 2 aromatic heterocycles. The SMILES string of the molecule is CCOC(=O)CCc1csc(NC(C)c2ccc(C)s2)n1. The van der Waals surface area contributed by atoms with Crippen molar-refractivity contribution in [2.45, 2.75) is 39.7 Å². The van der Waals surface area contributed by atoms with Gasteiger partial charge in [-0.2, -0.15) is 0 Å². The van der Waals surface area contributed by atoms with Crippen molar-refractivity contribution in [3.63, 3.8) is 0 Å². The Hall–Kier alpha value is -1.40. The van der Waals surface area contributed by atoms with E-state index in [4.69, 9.17) is 4.74 Å². The maximum absolute atomic E-state index is 11.3. The topological polar surface area (TPSA) is 51.2 Å². The molecule has 0 bridgehead atoms. The van der Waals surface area contributed by atoms with Crippen molar-refractivity contribution in [3.8, 4) is 0 Å². The van der Waals surface area contributed by atoms with Gasteiger partial charge in [0.1, 0.15) is 0 Å². The number of nitrogens with one attached hydrogen (secondary N) is 1. The Bertz CT molecular complexity index is 592. The van der Waals surface area contributed by atoms with E-state index in [-0.39, 0.29) is 12.0 Å². The maximum Gasteiger partial charge on any atom is 0.306 e. The summed E-state index contributed by atoms with van der Waals surface area (Å²) in [5, 5.41) is 6.30. The zero-order chi connectivity index (χ0) is 15.2. The fourth-order valence-electron chi connectivity index (χ4n) is 1.89. The van der Waals surface area contributed by atoms with Crippen LogP contribution < -0.4 is 5.32 Å². The lowest BCUT2D eigenvalue weighted by Crippen LogP contribution is -2.06. The lowest BCUT2D eigenvalue weighted by atomic mass is 10.2. The number of esters is 1. The summed E-state index contributed by atoms with van der Waals surface area (Å²) in [6.45, 7) is 6.49. The fourth-order valence-corrected chi connectivity index (χ4v) is 3.61. The first-order valence-electron chi connectivity index (χ1n) is 7.01. The third-order valence-corrected chi connectivity index (χ3v) is 4.98. The van der Waals surface area contributed by atoms with Crippen LogP contribution in [0.5, 0.6) is 0 Å². The monoisotopic (exact) mass is 324 g/mol. The quantitative estimate of drug-likeness (QED) is 0.776. The van der Waals surface area contributed by atoms with Gasteiger partial charge in [-0.25, -0.2) is 4.98 Å². The molecule has 2 rings (SSSR count). The van der Waals surface area contributed by atoms with Gasteiger partial charge in [-0.1, -0.05) is 0 Å². The molecule has 1 atom stereocenters. The number of hydrogen-bond donors (Lipinski definition) is 1. The highest BCUT2D eigenvalue weighted by Crippen LogP contribution is 2.27. The van der Waals surface area contributed by atoms with E-state index in [9.17, 15) is 4.79 Å². The Kier molecular flexibility index (Phi) is 5.76. The highest BCUT2D eigenvalue weighted by Gasteiger charge is 2.11. The number of carbonyl (C=O) groups is 1. The van der Waals surface area contributed by atoms with Gasteiger partial charge in [-0.05, 0) is 32.9 Å². The maximum atomic E-state index is 11.3. The minimum Gasteiger partial charge on any atom is -0.466 e. The summed E-state index contributed by atoms with van der Waals surface area (Å²) in [7, 11) is 0. The summed E-state index contributed by atoms with van der Waals surface area (Å²) >= 11 is 3.37. The fraction of sp³-hybridized carbons (Fsp3) is 0.467. The molecule has 1 unspecified atom stereocenters. The number of aromatic nitrogens is 1. The number of aryl methyl sites for hydroxylation is 2. The standard InChI is InChI=1S/C15H20N2O2S2/c1-4-19-14(18)8-6-12-9-20-15(17-12)16-11(3)13-7-5-10(2)21-13/h5,7,9,11H,4,6,8H2,1-3H3,(H,16,17). The van der Waals surface area contributed by atoms with Crippen LogP contribution in [0.3, 0.4) is 0 Å². The van der Waals surface area contributed by atoms with Gasteiger partial charge < -0.3 is 10.1 Å². The summed E-state index contributed by atoms with van der Waals surface area (Å²) in [5.74, 6) is -0.164. The summed E-state index contributed by atoms with van der Waals surface area (Å²) in [6, 6.07) is 4.52. The molecule has 4 nitrogen and oxygen atoms in total. The first-order chi connectivity index (χ1) is 10.1. The third kappa shape index (κ3) is 4.82. The van der Waals surface area contributed by atoms with Crippen molar-refractivity contribution in [2.24, 2.45) is 0 Å². The lowest BCUT2D eigenvalue weighted by molar-refractivity contribution is -0.143. The van der Waals surface area contributed by atoms with Crippen molar-refractivity contribution in [1.82, 2.24) is 4.98 Å². The van der Waals surface area contributed by atoms with Crippen LogP contribution in [0.2, 0.25) is 0 Å². The Morgan fingerprint density at radius 1 is 1.48 bits per heavy atom. The Balaban J connectivity index is 1.86. The van der Waals surface area contributed by atoms with Gasteiger partial charge in [0.25, 0.3) is 0 Å². The highest BCUT2D eigenvalue weighted by atomic mass is 32.1. The van der Waals surface area contributed by atoms with Crippen molar-refractivity contribution in [3.05, 3.63) is 33.0 Å². The lowest BCUT2D eigenvalue weighted by Gasteiger charge is -2.10. The number of thiazole rings is 1. The van der Waals surface area contributed by atoms with E-state index < -0.39 is 0 Å². The molecule has 114 valence electrons. The molecule has 0 saturated heterocycles. The van der Waals surface area contributed by atoms with E-state index >= 15 is 0 Å². The molecule has 2 heterocycles. The zero-order valence-electron chi connectivity index (χ0n) is 12.5. The molecule has 0 aromatic carbocycles. The third-order valence-electron chi connectivity index (χ3n) is 2.97. The number of carbonyl (C=O) groups excluding carboxylic acids is 1. The largest absolute Gasteiger partial charge is 0.466 e. The van der Waals surface area contributed by atoms with E-state index in [1.54, 1.807) is 22.7 Å². The second-order valence-corrected chi connectivity index (χ2v) is 6.94. The average molecular weight is 324 g/mol. The van der Waals surface area contributed by atoms with Gasteiger partial charge in [-0.3, -0.25) is 4.79 Å². The summed E-state index contributed by atoms with van der Waals surface area (Å²) < 4.78 is 4.92. The minimum atomic E-state index is -0.164. The van der Waals surface area contributed by atoms with Gasteiger partial charge in [0, 0.05) is 21.6 Å². The molecular formula is C15H20N2O2S2. The Morgan fingerprint density at radius 2 is 2.29 bits per heavy atom. The van der Waals surface area contributed by atoms with Gasteiger partial charge >= 0.3 is 5.97 Å². The van der Waals surface area contributed by atoms with Gasteiger partial charge in [0.2, 0.25) is 0 Å². The molecule has 0 radical (unpaired) electrons. The normalized spacial score (nSPS) is 12.1. The molecule has 1 N–H and O–H groups in total. The summed E-state index contributed by atoms with van der Waals surface area (Å²) in [5.41, 5.74) is 0.935. The van der Waals surface area contributed by atoms with Crippen molar-refractivity contribution in [2.75, 3.05) is 11.9 Å². The van der Waals surface area contributed by atoms with Crippen molar-refractivity contribution in [1.29, 1.82) is 0 Å². The van der Waals surface area contributed by atoms with Crippen LogP contribution in [0.4, 0.5) is 5.13 Å². The van der Waals surface area contributed by atoms with Crippen LogP contribution in [0.15, 0.2) is 17.5 Å². The van der Waals surface area contributed by atoms with E-state index in [2.05, 4.69) is 36.3 Å². The molecule has 0 fully saturated rings. The van der Waals surface area contributed by atoms with Crippen LogP contribution in [0.25, 0.3) is 0 Å². The average Bonchev–Trinajstić information content (AvgIpc) is 3.06. The molecule has 21 heavy (non-hydrogen) atoms. The molecule has 0 aliphatic heterocycles. The first kappa shape index (κ1) is 16.0. The van der Waals surface area contributed by atoms with Crippen molar-refractivity contribution < 1.29 is 9.53 Å². The number of thiophene rings is 1. The minimum absolute atomic E-state index is 0.164. The van der Waals surface area contributed by atoms with Crippen molar-refractivity contribution >= 4 is 33.8 Å². The Labute approximate surface area is 133 Å². The van der Waals surface area contributed by atoms with Crippen LogP contribution in [0, 0.1) is 6.92 Å². The molecule has 0 aliphatic carbocycles. The van der Waals surface area contributed by atoms with Crippen LogP contribution in [-0.2, 0) is 16.0 Å². The van der Waals surface area contributed by atoms with Gasteiger partial charge in [0.05, 0.1) is 24.8 Å². The van der Waals surface area contributed by atoms with Gasteiger partial charge in [0.15, 0.2) is 5.13 Å². The summed E-state index contributed by atoms with van der Waals surface area (Å²) in [4.78, 5) is 18.5. The first-order valence-corrected chi connectivity index (χ1v) is 8.71. The highest BCUT2D eigenvalue weighted by molar-refractivity contribution is 7.14. The number of ether oxygens (including phenoxy) is 1. The molecule has 6 heteroatoms. The molecular weight excluding hydrogens is 304 g/mol. The smallest absolute Gasteiger partial charge is 0.306 e. The molecule has 0 aliphatic rings. The Morgan fingerprint density at radius 3 is 2.95 bits per heavy atom. The van der Waals surface area contributed by atoms with E-state index in [1.807, 2.05) is 12.3 Å². The predicted octanol–water partition coefficient (Wildman–Crippen LogP) is 4.18. The van der Waals surface area contributed by atoms with Crippen LogP contribution in [-0.4, -0.2) is 17.6 Å². The molecule has 0 amide bonds.